The Hall–Kier alpha value is -2.46. The summed E-state index contributed by atoms with van der Waals surface area (Å²) in [5.41, 5.74) is -1.04. The van der Waals surface area contributed by atoms with Gasteiger partial charge in [-0.25, -0.2) is 0 Å². The van der Waals surface area contributed by atoms with Gasteiger partial charge in [-0.2, -0.15) is 13.2 Å². The summed E-state index contributed by atoms with van der Waals surface area (Å²) in [5.74, 6) is -0.132. The highest BCUT2D eigenvalue weighted by Gasteiger charge is 2.33. The van der Waals surface area contributed by atoms with Crippen molar-refractivity contribution in [3.8, 4) is 11.7 Å². The summed E-state index contributed by atoms with van der Waals surface area (Å²) in [6.45, 7) is 0. The summed E-state index contributed by atoms with van der Waals surface area (Å²) >= 11 is 6.47. The van der Waals surface area contributed by atoms with E-state index in [1.54, 1.807) is 12.1 Å². The lowest BCUT2D eigenvalue weighted by Gasteiger charge is -2.11. The molecule has 0 aliphatic carbocycles. The van der Waals surface area contributed by atoms with Gasteiger partial charge in [-0.05, 0) is 30.3 Å². The number of halogens is 4. The van der Waals surface area contributed by atoms with Crippen LogP contribution in [0.4, 0.5) is 18.9 Å². The Labute approximate surface area is 153 Å². The molecule has 0 aliphatic rings. The molecule has 1 N–H and O–H groups in total. The molecule has 26 heavy (non-hydrogen) atoms. The van der Waals surface area contributed by atoms with Crippen LogP contribution in [-0.4, -0.2) is 21.9 Å². The van der Waals surface area contributed by atoms with Crippen LogP contribution in [0.3, 0.4) is 0 Å². The van der Waals surface area contributed by atoms with Gasteiger partial charge in [0, 0.05) is 5.69 Å². The van der Waals surface area contributed by atoms with E-state index in [-0.39, 0.29) is 22.6 Å². The number of carbonyl (C=O) groups excluding carboxylic acids is 1. The summed E-state index contributed by atoms with van der Waals surface area (Å²) in [6, 6.07) is 6.41. The first-order chi connectivity index (χ1) is 12.3. The van der Waals surface area contributed by atoms with E-state index in [2.05, 4.69) is 15.5 Å². The number of nitrogens with zero attached hydrogens (tertiary/aromatic N) is 2. The first-order valence-corrected chi connectivity index (χ1v) is 8.36. The Kier molecular flexibility index (Phi) is 5.23. The van der Waals surface area contributed by atoms with E-state index < -0.39 is 22.7 Å². The number of aromatic nitrogens is 2. The maximum Gasteiger partial charge on any atom is 0.417 e. The zero-order valence-electron chi connectivity index (χ0n) is 12.7. The van der Waals surface area contributed by atoms with Crippen molar-refractivity contribution < 1.29 is 26.8 Å². The Morgan fingerprint density at radius 1 is 1.27 bits per heavy atom. The molecule has 0 unspecified atom stereocenters. The topological polar surface area (TPSA) is 81.2 Å². The second kappa shape index (κ2) is 7.42. The number of hydrogen-bond donors (Lipinski definition) is 1. The highest BCUT2D eigenvalue weighted by molar-refractivity contribution is 7.99. The normalized spacial score (nSPS) is 11.5. The standard InChI is InChI=1S/C15H9ClF3N3O3S/c16-10-4-3-8(6-9(10)15(17,18)19)20-12(23)7-26-14-22-21-13(25-14)11-2-1-5-24-11/h1-6H,7H2,(H,20,23). The van der Waals surface area contributed by atoms with E-state index >= 15 is 0 Å². The van der Waals surface area contributed by atoms with Gasteiger partial charge in [0.25, 0.3) is 11.1 Å². The molecular weight excluding hydrogens is 395 g/mol. The quantitative estimate of drug-likeness (QED) is 0.620. The maximum atomic E-state index is 12.8. The molecule has 0 atom stereocenters. The number of amides is 1. The largest absolute Gasteiger partial charge is 0.459 e. The second-order valence-electron chi connectivity index (χ2n) is 4.88. The molecule has 136 valence electrons. The van der Waals surface area contributed by atoms with Gasteiger partial charge >= 0.3 is 6.18 Å². The lowest BCUT2D eigenvalue weighted by Crippen LogP contribution is -2.15. The van der Waals surface area contributed by atoms with Gasteiger partial charge in [-0.15, -0.1) is 10.2 Å². The van der Waals surface area contributed by atoms with E-state index in [0.29, 0.717) is 5.76 Å². The summed E-state index contributed by atoms with van der Waals surface area (Å²) < 4.78 is 48.9. The molecule has 3 aromatic rings. The van der Waals surface area contributed by atoms with Crippen LogP contribution in [0.5, 0.6) is 0 Å². The van der Waals surface area contributed by atoms with E-state index in [4.69, 9.17) is 20.4 Å². The minimum atomic E-state index is -4.61. The fourth-order valence-corrected chi connectivity index (χ4v) is 2.70. The van der Waals surface area contributed by atoms with Gasteiger partial charge in [0.1, 0.15) is 0 Å². The van der Waals surface area contributed by atoms with Gasteiger partial charge in [0.15, 0.2) is 5.76 Å². The van der Waals surface area contributed by atoms with Gasteiger partial charge in [0.2, 0.25) is 5.91 Å². The van der Waals surface area contributed by atoms with Crippen molar-refractivity contribution >= 4 is 35.0 Å². The van der Waals surface area contributed by atoms with Crippen LogP contribution in [0.25, 0.3) is 11.7 Å². The van der Waals surface area contributed by atoms with E-state index in [1.807, 2.05) is 0 Å². The van der Waals surface area contributed by atoms with Crippen LogP contribution in [0, 0.1) is 0 Å². The zero-order chi connectivity index (χ0) is 18.7. The molecule has 6 nitrogen and oxygen atoms in total. The minimum Gasteiger partial charge on any atom is -0.459 e. The fraction of sp³-hybridized carbons (Fsp3) is 0.133. The van der Waals surface area contributed by atoms with Crippen molar-refractivity contribution in [1.29, 1.82) is 0 Å². The molecule has 0 saturated heterocycles. The molecule has 1 aromatic carbocycles. The summed E-state index contributed by atoms with van der Waals surface area (Å²) in [5, 5.41) is 9.56. The number of furan rings is 1. The van der Waals surface area contributed by atoms with Crippen molar-refractivity contribution in [2.45, 2.75) is 11.4 Å². The monoisotopic (exact) mass is 403 g/mol. The lowest BCUT2D eigenvalue weighted by molar-refractivity contribution is -0.137. The molecular formula is C15H9ClF3N3O3S. The highest BCUT2D eigenvalue weighted by atomic mass is 35.5. The number of alkyl halides is 3. The number of thioether (sulfide) groups is 1. The predicted octanol–water partition coefficient (Wildman–Crippen LogP) is 4.73. The van der Waals surface area contributed by atoms with Gasteiger partial charge in [-0.1, -0.05) is 23.4 Å². The average Bonchev–Trinajstić information content (AvgIpc) is 3.25. The summed E-state index contributed by atoms with van der Waals surface area (Å²) in [4.78, 5) is 11.9. The number of rotatable bonds is 5. The van der Waals surface area contributed by atoms with Crippen molar-refractivity contribution in [2.24, 2.45) is 0 Å². The van der Waals surface area contributed by atoms with Crippen LogP contribution in [0.2, 0.25) is 5.02 Å². The summed E-state index contributed by atoms with van der Waals surface area (Å²) in [7, 11) is 0. The second-order valence-corrected chi connectivity index (χ2v) is 6.21. The third-order valence-corrected chi connectivity index (χ3v) is 4.17. The first kappa shape index (κ1) is 18.3. The van der Waals surface area contributed by atoms with Gasteiger partial charge in [-0.3, -0.25) is 4.79 Å². The molecule has 2 aromatic heterocycles. The third kappa shape index (κ3) is 4.38. The molecule has 2 heterocycles. The molecule has 0 bridgehead atoms. The third-order valence-electron chi connectivity index (χ3n) is 3.02. The van der Waals surface area contributed by atoms with Crippen molar-refractivity contribution in [1.82, 2.24) is 10.2 Å². The number of benzene rings is 1. The van der Waals surface area contributed by atoms with Crippen molar-refractivity contribution in [3.63, 3.8) is 0 Å². The molecule has 0 spiro atoms. The van der Waals surface area contributed by atoms with Crippen molar-refractivity contribution in [3.05, 3.63) is 47.2 Å². The minimum absolute atomic E-state index is 0.0193. The predicted molar refractivity (Wildman–Crippen MR) is 87.8 cm³/mol. The molecule has 0 fully saturated rings. The van der Waals surface area contributed by atoms with Crippen molar-refractivity contribution in [2.75, 3.05) is 11.1 Å². The molecule has 0 radical (unpaired) electrons. The van der Waals surface area contributed by atoms with E-state index in [0.717, 1.165) is 23.9 Å². The Balaban J connectivity index is 1.60. The van der Waals surface area contributed by atoms with E-state index in [9.17, 15) is 18.0 Å². The molecule has 1 amide bonds. The summed E-state index contributed by atoms with van der Waals surface area (Å²) in [6.07, 6.45) is -3.17. The number of nitrogens with one attached hydrogen (secondary N) is 1. The smallest absolute Gasteiger partial charge is 0.417 e. The Bertz CT molecular complexity index is 913. The van der Waals surface area contributed by atoms with Crippen LogP contribution in [0.15, 0.2) is 50.7 Å². The fourth-order valence-electron chi connectivity index (χ4n) is 1.91. The molecule has 0 saturated carbocycles. The van der Waals surface area contributed by atoms with Gasteiger partial charge < -0.3 is 14.2 Å². The molecule has 0 aliphatic heterocycles. The molecule has 3 rings (SSSR count). The van der Waals surface area contributed by atoms with Crippen LogP contribution >= 0.6 is 23.4 Å². The number of carbonyl (C=O) groups is 1. The van der Waals surface area contributed by atoms with E-state index in [1.165, 1.54) is 12.3 Å². The zero-order valence-corrected chi connectivity index (χ0v) is 14.3. The average molecular weight is 404 g/mol. The van der Waals surface area contributed by atoms with Crippen LogP contribution in [0.1, 0.15) is 5.56 Å². The SMILES string of the molecule is O=C(CSc1nnc(-c2ccco2)o1)Nc1ccc(Cl)c(C(F)(F)F)c1. The van der Waals surface area contributed by atoms with Crippen LogP contribution in [-0.2, 0) is 11.0 Å². The highest BCUT2D eigenvalue weighted by Crippen LogP contribution is 2.36. The number of anilines is 1. The Morgan fingerprint density at radius 2 is 2.08 bits per heavy atom. The molecule has 11 heteroatoms. The number of hydrogen-bond acceptors (Lipinski definition) is 6. The Morgan fingerprint density at radius 3 is 2.77 bits per heavy atom. The van der Waals surface area contributed by atoms with Gasteiger partial charge in [0.05, 0.1) is 22.6 Å². The van der Waals surface area contributed by atoms with Crippen LogP contribution < -0.4 is 5.32 Å². The first-order valence-electron chi connectivity index (χ1n) is 7.00. The maximum absolute atomic E-state index is 12.8. The lowest BCUT2D eigenvalue weighted by atomic mass is 10.2.